The van der Waals surface area contributed by atoms with Crippen LogP contribution >= 0.6 is 0 Å². The van der Waals surface area contributed by atoms with Gasteiger partial charge in [0.25, 0.3) is 11.7 Å². The number of aliphatic hydroxyl groups is 1. The van der Waals surface area contributed by atoms with Crippen molar-refractivity contribution in [1.82, 2.24) is 4.90 Å². The molecule has 1 aliphatic rings. The fraction of sp³-hybridized carbons (Fsp3) is 0.333. The molecule has 2 aromatic rings. The molecule has 1 atom stereocenters. The molecular formula is C24H27NO5. The predicted molar refractivity (Wildman–Crippen MR) is 114 cm³/mol. The van der Waals surface area contributed by atoms with Crippen molar-refractivity contribution in [2.45, 2.75) is 26.3 Å². The van der Waals surface area contributed by atoms with Gasteiger partial charge in [0.2, 0.25) is 0 Å². The number of hydrogen-bond donors (Lipinski definition) is 1. The number of Topliss-reactive ketones (excluding diaryl/α,β-unsaturated/α-hetero) is 1. The van der Waals surface area contributed by atoms with Crippen LogP contribution in [0.1, 0.15) is 35.2 Å². The van der Waals surface area contributed by atoms with E-state index >= 15 is 0 Å². The minimum atomic E-state index is -0.693. The number of aryl methyl sites for hydroxylation is 2. The summed E-state index contributed by atoms with van der Waals surface area (Å²) in [4.78, 5) is 27.2. The van der Waals surface area contributed by atoms with E-state index in [1.807, 2.05) is 31.2 Å². The number of carbonyl (C=O) groups excluding carboxylic acids is 2. The maximum atomic E-state index is 12.9. The summed E-state index contributed by atoms with van der Waals surface area (Å²) in [5.74, 6) is -0.840. The molecule has 1 amide bonds. The zero-order valence-corrected chi connectivity index (χ0v) is 17.8. The first-order valence-electron chi connectivity index (χ1n) is 9.94. The second kappa shape index (κ2) is 9.13. The summed E-state index contributed by atoms with van der Waals surface area (Å²) < 4.78 is 10.4. The second-order valence-corrected chi connectivity index (χ2v) is 7.26. The number of rotatable bonds is 7. The minimum Gasteiger partial charge on any atom is -0.507 e. The summed E-state index contributed by atoms with van der Waals surface area (Å²) in [6.07, 6.45) is 0.884. The standard InChI is InChI=1S/C24H27NO5/c1-5-16-6-8-17(9-7-16)21-20(23(27)24(28)25(21)12-13-29-3)22(26)18-10-11-19(30-4)15(2)14-18/h6-11,14,21,26H,5,12-13H2,1-4H3/b22-20+/t21-/m1/s1. The molecule has 1 saturated heterocycles. The Morgan fingerprint density at radius 3 is 2.37 bits per heavy atom. The van der Waals surface area contributed by atoms with Crippen molar-refractivity contribution >= 4 is 17.4 Å². The zero-order valence-electron chi connectivity index (χ0n) is 17.8. The monoisotopic (exact) mass is 409 g/mol. The van der Waals surface area contributed by atoms with Gasteiger partial charge < -0.3 is 19.5 Å². The van der Waals surface area contributed by atoms with Crippen LogP contribution in [0.2, 0.25) is 0 Å². The lowest BCUT2D eigenvalue weighted by Crippen LogP contribution is -2.32. The number of aliphatic hydroxyl groups excluding tert-OH is 1. The van der Waals surface area contributed by atoms with Crippen LogP contribution in [0.5, 0.6) is 5.75 Å². The molecular weight excluding hydrogens is 382 g/mol. The van der Waals surface area contributed by atoms with Gasteiger partial charge in [-0.3, -0.25) is 9.59 Å². The number of likely N-dealkylation sites (tertiary alicyclic amines) is 1. The molecule has 2 aromatic carbocycles. The lowest BCUT2D eigenvalue weighted by atomic mass is 9.94. The number of hydrogen-bond acceptors (Lipinski definition) is 5. The van der Waals surface area contributed by atoms with E-state index in [1.165, 1.54) is 4.90 Å². The first-order chi connectivity index (χ1) is 14.4. The van der Waals surface area contributed by atoms with Crippen LogP contribution in [-0.4, -0.2) is 49.1 Å². The van der Waals surface area contributed by atoms with E-state index in [1.54, 1.807) is 32.4 Å². The number of amides is 1. The number of carbonyl (C=O) groups is 2. The summed E-state index contributed by atoms with van der Waals surface area (Å²) in [5, 5.41) is 11.1. The predicted octanol–water partition coefficient (Wildman–Crippen LogP) is 3.63. The molecule has 0 spiro atoms. The third-order valence-corrected chi connectivity index (χ3v) is 5.45. The number of ketones is 1. The summed E-state index contributed by atoms with van der Waals surface area (Å²) in [6.45, 7) is 4.46. The lowest BCUT2D eigenvalue weighted by Gasteiger charge is -2.25. The molecule has 0 unspecified atom stereocenters. The molecule has 0 bridgehead atoms. The molecule has 1 N–H and O–H groups in total. The molecule has 1 fully saturated rings. The van der Waals surface area contributed by atoms with Crippen LogP contribution < -0.4 is 4.74 Å². The normalized spacial score (nSPS) is 18.1. The molecule has 1 aliphatic heterocycles. The Labute approximate surface area is 176 Å². The van der Waals surface area contributed by atoms with Crippen molar-refractivity contribution in [2.24, 2.45) is 0 Å². The molecule has 0 aromatic heterocycles. The maximum absolute atomic E-state index is 12.9. The maximum Gasteiger partial charge on any atom is 0.295 e. The average Bonchev–Trinajstić information content (AvgIpc) is 3.01. The molecule has 0 aliphatic carbocycles. The highest BCUT2D eigenvalue weighted by Gasteiger charge is 2.45. The van der Waals surface area contributed by atoms with Gasteiger partial charge in [-0.25, -0.2) is 0 Å². The summed E-state index contributed by atoms with van der Waals surface area (Å²) in [6, 6.07) is 12.2. The first-order valence-corrected chi connectivity index (χ1v) is 9.94. The molecule has 158 valence electrons. The van der Waals surface area contributed by atoms with Crippen LogP contribution in [-0.2, 0) is 20.7 Å². The first kappa shape index (κ1) is 21.6. The smallest absolute Gasteiger partial charge is 0.295 e. The van der Waals surface area contributed by atoms with Crippen molar-refractivity contribution in [3.63, 3.8) is 0 Å². The third-order valence-electron chi connectivity index (χ3n) is 5.45. The summed E-state index contributed by atoms with van der Waals surface area (Å²) in [7, 11) is 3.12. The molecule has 1 heterocycles. The van der Waals surface area contributed by atoms with E-state index < -0.39 is 17.7 Å². The van der Waals surface area contributed by atoms with Crippen molar-refractivity contribution in [2.75, 3.05) is 27.4 Å². The van der Waals surface area contributed by atoms with E-state index in [0.717, 1.165) is 23.1 Å². The number of ether oxygens (including phenoxy) is 2. The molecule has 0 radical (unpaired) electrons. The van der Waals surface area contributed by atoms with Gasteiger partial charge in [-0.2, -0.15) is 0 Å². The number of benzene rings is 2. The van der Waals surface area contributed by atoms with E-state index in [0.29, 0.717) is 11.3 Å². The van der Waals surface area contributed by atoms with Crippen molar-refractivity contribution < 1.29 is 24.2 Å². The van der Waals surface area contributed by atoms with E-state index in [4.69, 9.17) is 9.47 Å². The van der Waals surface area contributed by atoms with Gasteiger partial charge in [0.15, 0.2) is 0 Å². The summed E-state index contributed by atoms with van der Waals surface area (Å²) in [5.41, 5.74) is 3.30. The Bertz CT molecular complexity index is 978. The van der Waals surface area contributed by atoms with Gasteiger partial charge in [0, 0.05) is 19.2 Å². The molecule has 6 nitrogen and oxygen atoms in total. The van der Waals surface area contributed by atoms with E-state index in [9.17, 15) is 14.7 Å². The fourth-order valence-electron chi connectivity index (χ4n) is 3.76. The quantitative estimate of drug-likeness (QED) is 0.429. The Balaban J connectivity index is 2.14. The minimum absolute atomic E-state index is 0.0879. The van der Waals surface area contributed by atoms with Crippen molar-refractivity contribution in [3.8, 4) is 5.75 Å². The SMILES string of the molecule is CCc1ccc([C@@H]2/C(=C(\O)c3ccc(OC)c(C)c3)C(=O)C(=O)N2CCOC)cc1. The van der Waals surface area contributed by atoms with Gasteiger partial charge in [-0.15, -0.1) is 0 Å². The average molecular weight is 409 g/mol. The zero-order chi connectivity index (χ0) is 21.8. The lowest BCUT2D eigenvalue weighted by molar-refractivity contribution is -0.140. The highest BCUT2D eigenvalue weighted by atomic mass is 16.5. The van der Waals surface area contributed by atoms with Crippen LogP contribution in [0.3, 0.4) is 0 Å². The third kappa shape index (κ3) is 3.96. The Kier molecular flexibility index (Phi) is 6.57. The van der Waals surface area contributed by atoms with E-state index in [2.05, 4.69) is 6.92 Å². The Hall–Kier alpha value is -3.12. The van der Waals surface area contributed by atoms with Gasteiger partial charge in [-0.05, 0) is 48.2 Å². The Morgan fingerprint density at radius 2 is 1.80 bits per heavy atom. The number of methoxy groups -OCH3 is 2. The number of nitrogens with zero attached hydrogens (tertiary/aromatic N) is 1. The second-order valence-electron chi connectivity index (χ2n) is 7.26. The van der Waals surface area contributed by atoms with Crippen LogP contribution in [0.15, 0.2) is 48.0 Å². The molecule has 0 saturated carbocycles. The summed E-state index contributed by atoms with van der Waals surface area (Å²) >= 11 is 0. The van der Waals surface area contributed by atoms with Crippen LogP contribution in [0.4, 0.5) is 0 Å². The molecule has 6 heteroatoms. The van der Waals surface area contributed by atoms with E-state index in [-0.39, 0.29) is 24.5 Å². The molecule has 3 rings (SSSR count). The highest BCUT2D eigenvalue weighted by Crippen LogP contribution is 2.39. The van der Waals surface area contributed by atoms with Gasteiger partial charge in [0.05, 0.1) is 25.3 Å². The molecule has 30 heavy (non-hydrogen) atoms. The van der Waals surface area contributed by atoms with Gasteiger partial charge in [-0.1, -0.05) is 31.2 Å². The Morgan fingerprint density at radius 1 is 1.10 bits per heavy atom. The highest BCUT2D eigenvalue weighted by molar-refractivity contribution is 6.46. The fourth-order valence-corrected chi connectivity index (χ4v) is 3.76. The van der Waals surface area contributed by atoms with Crippen molar-refractivity contribution in [3.05, 3.63) is 70.3 Å². The van der Waals surface area contributed by atoms with Crippen LogP contribution in [0, 0.1) is 6.92 Å². The topological polar surface area (TPSA) is 76.1 Å². The van der Waals surface area contributed by atoms with Crippen LogP contribution in [0.25, 0.3) is 5.76 Å². The van der Waals surface area contributed by atoms with Gasteiger partial charge >= 0.3 is 0 Å². The van der Waals surface area contributed by atoms with Crippen molar-refractivity contribution in [1.29, 1.82) is 0 Å². The van der Waals surface area contributed by atoms with Gasteiger partial charge in [0.1, 0.15) is 11.5 Å². The largest absolute Gasteiger partial charge is 0.507 e.